The van der Waals surface area contributed by atoms with Crippen LogP contribution in [0.4, 0.5) is 10.2 Å². The third kappa shape index (κ3) is 2.77. The first-order valence-electron chi connectivity index (χ1n) is 8.09. The molecule has 0 aliphatic carbocycles. The Balaban J connectivity index is 1.87. The van der Waals surface area contributed by atoms with Crippen LogP contribution in [0.3, 0.4) is 0 Å². The van der Waals surface area contributed by atoms with Gasteiger partial charge < -0.3 is 4.90 Å². The fraction of sp³-hybridized carbons (Fsp3) is 0.263. The van der Waals surface area contributed by atoms with E-state index in [2.05, 4.69) is 16.0 Å². The zero-order valence-electron chi connectivity index (χ0n) is 12.9. The van der Waals surface area contributed by atoms with Crippen LogP contribution in [-0.4, -0.2) is 23.1 Å². The Morgan fingerprint density at radius 2 is 1.57 bits per heavy atom. The smallest absolute Gasteiger partial charge is 0.162 e. The van der Waals surface area contributed by atoms with Crippen LogP contribution in [0.5, 0.6) is 0 Å². The minimum atomic E-state index is -0.245. The average molecular weight is 307 g/mol. The van der Waals surface area contributed by atoms with Gasteiger partial charge in [0.2, 0.25) is 0 Å². The number of benzene rings is 2. The van der Waals surface area contributed by atoms with Gasteiger partial charge in [0.1, 0.15) is 11.6 Å². The zero-order chi connectivity index (χ0) is 15.6. The largest absolute Gasteiger partial charge is 0.356 e. The molecule has 116 valence electrons. The Morgan fingerprint density at radius 3 is 2.35 bits per heavy atom. The van der Waals surface area contributed by atoms with Gasteiger partial charge in [-0.05, 0) is 55.7 Å². The summed E-state index contributed by atoms with van der Waals surface area (Å²) in [6.45, 7) is 2.06. The Kier molecular flexibility index (Phi) is 3.66. The molecule has 0 radical (unpaired) electrons. The van der Waals surface area contributed by atoms with Crippen molar-refractivity contribution in [2.75, 3.05) is 18.0 Å². The summed E-state index contributed by atoms with van der Waals surface area (Å²) in [6, 6.07) is 14.5. The summed E-state index contributed by atoms with van der Waals surface area (Å²) < 4.78 is 13.2. The van der Waals surface area contributed by atoms with Crippen molar-refractivity contribution in [3.8, 4) is 11.4 Å². The van der Waals surface area contributed by atoms with Crippen molar-refractivity contribution in [3.63, 3.8) is 0 Å². The second-order valence-electron chi connectivity index (χ2n) is 5.94. The molecule has 1 aliphatic rings. The summed E-state index contributed by atoms with van der Waals surface area (Å²) in [7, 11) is 0. The van der Waals surface area contributed by atoms with E-state index < -0.39 is 0 Å². The molecule has 4 heteroatoms. The van der Waals surface area contributed by atoms with Crippen molar-refractivity contribution in [1.82, 2.24) is 9.97 Å². The van der Waals surface area contributed by atoms with Gasteiger partial charge in [-0.3, -0.25) is 0 Å². The van der Waals surface area contributed by atoms with E-state index in [4.69, 9.17) is 4.98 Å². The predicted molar refractivity (Wildman–Crippen MR) is 91.0 cm³/mol. The molecule has 1 aromatic heterocycles. The minimum absolute atomic E-state index is 0.245. The number of piperidine rings is 1. The lowest BCUT2D eigenvalue weighted by atomic mass is 10.1. The van der Waals surface area contributed by atoms with E-state index in [0.29, 0.717) is 5.82 Å². The van der Waals surface area contributed by atoms with Gasteiger partial charge in [-0.2, -0.15) is 0 Å². The van der Waals surface area contributed by atoms with Gasteiger partial charge in [-0.25, -0.2) is 14.4 Å². The highest BCUT2D eigenvalue weighted by atomic mass is 19.1. The van der Waals surface area contributed by atoms with Gasteiger partial charge in [-0.15, -0.1) is 0 Å². The molecular weight excluding hydrogens is 289 g/mol. The van der Waals surface area contributed by atoms with E-state index in [-0.39, 0.29) is 5.82 Å². The number of nitrogens with zero attached hydrogens (tertiary/aromatic N) is 3. The van der Waals surface area contributed by atoms with E-state index in [0.717, 1.165) is 35.4 Å². The van der Waals surface area contributed by atoms with Gasteiger partial charge in [0, 0.05) is 24.0 Å². The van der Waals surface area contributed by atoms with E-state index in [1.807, 2.05) is 18.2 Å². The number of hydrogen-bond donors (Lipinski definition) is 0. The topological polar surface area (TPSA) is 29.0 Å². The number of hydrogen-bond acceptors (Lipinski definition) is 3. The molecule has 2 aromatic carbocycles. The predicted octanol–water partition coefficient (Wildman–Crippen LogP) is 4.43. The Bertz CT molecular complexity index is 824. The summed E-state index contributed by atoms with van der Waals surface area (Å²) >= 11 is 0. The van der Waals surface area contributed by atoms with Crippen molar-refractivity contribution in [1.29, 1.82) is 0 Å². The summed E-state index contributed by atoms with van der Waals surface area (Å²) in [6.07, 6.45) is 3.68. The molecule has 0 amide bonds. The Morgan fingerprint density at radius 1 is 0.826 bits per heavy atom. The lowest BCUT2D eigenvalue weighted by Crippen LogP contribution is -2.30. The molecule has 2 heterocycles. The fourth-order valence-corrected chi connectivity index (χ4v) is 3.13. The van der Waals surface area contributed by atoms with E-state index in [1.165, 1.54) is 31.4 Å². The first-order valence-corrected chi connectivity index (χ1v) is 8.09. The number of rotatable bonds is 2. The van der Waals surface area contributed by atoms with E-state index >= 15 is 0 Å². The monoisotopic (exact) mass is 307 g/mol. The van der Waals surface area contributed by atoms with Crippen LogP contribution >= 0.6 is 0 Å². The van der Waals surface area contributed by atoms with Crippen LogP contribution in [0.1, 0.15) is 19.3 Å². The zero-order valence-corrected chi connectivity index (χ0v) is 12.9. The van der Waals surface area contributed by atoms with Crippen LogP contribution in [0.2, 0.25) is 0 Å². The maximum absolute atomic E-state index is 13.2. The highest BCUT2D eigenvalue weighted by Gasteiger charge is 2.17. The van der Waals surface area contributed by atoms with Gasteiger partial charge in [0.15, 0.2) is 5.82 Å². The van der Waals surface area contributed by atoms with Crippen LogP contribution in [-0.2, 0) is 0 Å². The summed E-state index contributed by atoms with van der Waals surface area (Å²) in [5.41, 5.74) is 1.78. The van der Waals surface area contributed by atoms with E-state index in [9.17, 15) is 4.39 Å². The van der Waals surface area contributed by atoms with Crippen LogP contribution in [0.15, 0.2) is 48.5 Å². The summed E-state index contributed by atoms with van der Waals surface area (Å²) in [4.78, 5) is 11.8. The van der Waals surface area contributed by atoms with Crippen molar-refractivity contribution in [2.45, 2.75) is 19.3 Å². The number of aromatic nitrogens is 2. The maximum Gasteiger partial charge on any atom is 0.162 e. The summed E-state index contributed by atoms with van der Waals surface area (Å²) in [5, 5.41) is 1.08. The quantitative estimate of drug-likeness (QED) is 0.701. The molecule has 0 bridgehead atoms. The molecule has 3 aromatic rings. The SMILES string of the molecule is Fc1ccc(-c2nc(N3CCCCC3)c3ccccc3n2)cc1. The second-order valence-corrected chi connectivity index (χ2v) is 5.94. The normalized spacial score (nSPS) is 15.1. The van der Waals surface area contributed by atoms with E-state index in [1.54, 1.807) is 12.1 Å². The molecule has 4 rings (SSSR count). The molecule has 1 fully saturated rings. The van der Waals surface area contributed by atoms with Crippen LogP contribution in [0.25, 0.3) is 22.3 Å². The van der Waals surface area contributed by atoms with Crippen LogP contribution in [0, 0.1) is 5.82 Å². The standard InChI is InChI=1S/C19H18FN3/c20-15-10-8-14(9-11-15)18-21-17-7-3-2-6-16(17)19(22-18)23-12-4-1-5-13-23/h2-3,6-11H,1,4-5,12-13H2. The van der Waals surface area contributed by atoms with Gasteiger partial charge >= 0.3 is 0 Å². The molecule has 0 N–H and O–H groups in total. The average Bonchev–Trinajstić information content (AvgIpc) is 2.62. The fourth-order valence-electron chi connectivity index (χ4n) is 3.13. The van der Waals surface area contributed by atoms with Crippen LogP contribution < -0.4 is 4.90 Å². The first kappa shape index (κ1) is 14.1. The molecular formula is C19H18FN3. The summed E-state index contributed by atoms with van der Waals surface area (Å²) in [5.74, 6) is 1.41. The number of para-hydroxylation sites is 1. The van der Waals surface area contributed by atoms with Gasteiger partial charge in [0.25, 0.3) is 0 Å². The van der Waals surface area contributed by atoms with Gasteiger partial charge in [-0.1, -0.05) is 12.1 Å². The highest BCUT2D eigenvalue weighted by Crippen LogP contribution is 2.29. The molecule has 23 heavy (non-hydrogen) atoms. The number of anilines is 1. The molecule has 0 saturated carbocycles. The third-order valence-corrected chi connectivity index (χ3v) is 4.34. The lowest BCUT2D eigenvalue weighted by molar-refractivity contribution is 0.575. The third-order valence-electron chi connectivity index (χ3n) is 4.34. The molecule has 0 spiro atoms. The minimum Gasteiger partial charge on any atom is -0.356 e. The Labute approximate surface area is 134 Å². The van der Waals surface area contributed by atoms with Crippen molar-refractivity contribution in [2.24, 2.45) is 0 Å². The Hall–Kier alpha value is -2.49. The maximum atomic E-state index is 13.2. The van der Waals surface area contributed by atoms with Crippen molar-refractivity contribution >= 4 is 16.7 Å². The number of halogens is 1. The van der Waals surface area contributed by atoms with Crippen molar-refractivity contribution in [3.05, 3.63) is 54.3 Å². The molecule has 0 atom stereocenters. The number of fused-ring (bicyclic) bond motifs is 1. The second kappa shape index (κ2) is 5.95. The molecule has 1 aliphatic heterocycles. The van der Waals surface area contributed by atoms with Crippen molar-refractivity contribution < 1.29 is 4.39 Å². The highest BCUT2D eigenvalue weighted by molar-refractivity contribution is 5.91. The molecule has 3 nitrogen and oxygen atoms in total. The molecule has 0 unspecified atom stereocenters. The van der Waals surface area contributed by atoms with Gasteiger partial charge in [0.05, 0.1) is 5.52 Å². The molecule has 1 saturated heterocycles. The lowest BCUT2D eigenvalue weighted by Gasteiger charge is -2.29. The first-order chi connectivity index (χ1) is 11.3.